The zero-order chi connectivity index (χ0) is 40.0. The number of nitrogens with two attached hydrogens (primary N) is 1. The number of carbonyl (C=O) groups excluding carboxylic acids is 2. The number of aliphatic carboxylic acids is 1. The second-order valence-corrected chi connectivity index (χ2v) is 14.7. The van der Waals surface area contributed by atoms with Crippen molar-refractivity contribution in [1.82, 2.24) is 0 Å². The van der Waals surface area contributed by atoms with E-state index in [-0.39, 0.29) is 44.3 Å². The maximum absolute atomic E-state index is 13.0. The number of hydrogen-bond donors (Lipinski definition) is 8. The third kappa shape index (κ3) is 13.7. The van der Waals surface area contributed by atoms with Crippen LogP contribution in [0.2, 0.25) is 0 Å². The summed E-state index contributed by atoms with van der Waals surface area (Å²) in [5.74, 6) is -6.81. The highest BCUT2D eigenvalue weighted by atomic mass is 16.7. The van der Waals surface area contributed by atoms with Crippen molar-refractivity contribution in [3.63, 3.8) is 0 Å². The summed E-state index contributed by atoms with van der Waals surface area (Å²) in [5.41, 5.74) is 6.00. The lowest BCUT2D eigenvalue weighted by Crippen LogP contribution is -2.61. The van der Waals surface area contributed by atoms with Crippen molar-refractivity contribution >= 4 is 17.7 Å². The standard InChI is InChI=1S/C39H61NO14/c1-4-14-26-17-11-9-7-6-8-10-12-18-27(53-38-35(46)33(40)34(45)23(3)51-38)20-31-32(36(47)48)30(44)22-39(50,54-31)21-25(42)16-13-15-24(41)19-29(43)28(5-2)37(49)52-26/h6-12,18,23,25-35,38,42-46,50H,4-5,13-17,19-22,40H2,1-3H3,(H,47,48)/b7-6+,10-8+,11-9+,18-12+/t23-,25+,26-,27+,28+,29-,30+,31-,32-,33+,34-,35+,38+,39+/m1/s1. The molecule has 15 nitrogen and oxygen atoms in total. The normalized spacial score (nSPS) is 42.3. The van der Waals surface area contributed by atoms with Crippen LogP contribution < -0.4 is 5.73 Å². The summed E-state index contributed by atoms with van der Waals surface area (Å²) < 4.78 is 23.4. The smallest absolute Gasteiger partial charge is 0.311 e. The van der Waals surface area contributed by atoms with E-state index in [1.807, 2.05) is 13.0 Å². The van der Waals surface area contributed by atoms with Gasteiger partial charge in [-0.1, -0.05) is 68.9 Å². The number of ketones is 1. The first-order chi connectivity index (χ1) is 25.6. The second-order valence-electron chi connectivity index (χ2n) is 14.7. The topological polar surface area (TPSA) is 256 Å². The fourth-order valence-electron chi connectivity index (χ4n) is 7.15. The molecule has 0 aromatic carbocycles. The van der Waals surface area contributed by atoms with E-state index in [9.17, 15) is 50.1 Å². The summed E-state index contributed by atoms with van der Waals surface area (Å²) in [6.07, 6.45) is 2.99. The lowest BCUT2D eigenvalue weighted by atomic mass is 9.83. The molecule has 0 aromatic rings. The van der Waals surface area contributed by atoms with Gasteiger partial charge in [0.25, 0.3) is 0 Å². The molecule has 3 aliphatic rings. The first-order valence-electron chi connectivity index (χ1n) is 19.1. The Kier molecular flexibility index (Phi) is 18.6. The predicted molar refractivity (Wildman–Crippen MR) is 195 cm³/mol. The van der Waals surface area contributed by atoms with Gasteiger partial charge in [0.05, 0.1) is 54.7 Å². The van der Waals surface area contributed by atoms with E-state index in [2.05, 4.69) is 0 Å². The van der Waals surface area contributed by atoms with Gasteiger partial charge in [0.2, 0.25) is 0 Å². The van der Waals surface area contributed by atoms with E-state index in [1.54, 1.807) is 56.4 Å². The molecule has 0 spiro atoms. The van der Waals surface area contributed by atoms with Crippen molar-refractivity contribution in [3.8, 4) is 0 Å². The Morgan fingerprint density at radius 2 is 1.67 bits per heavy atom. The van der Waals surface area contributed by atoms with Crippen molar-refractivity contribution in [2.45, 2.75) is 164 Å². The molecule has 3 rings (SSSR count). The molecule has 0 amide bonds. The summed E-state index contributed by atoms with van der Waals surface area (Å²) >= 11 is 0. The van der Waals surface area contributed by atoms with Crippen molar-refractivity contribution in [3.05, 3.63) is 48.6 Å². The van der Waals surface area contributed by atoms with Crippen LogP contribution in [0.5, 0.6) is 0 Å². The number of hydrogen-bond acceptors (Lipinski definition) is 14. The summed E-state index contributed by atoms with van der Waals surface area (Å²) in [6, 6.07) is -1.10. The van der Waals surface area contributed by atoms with Crippen molar-refractivity contribution < 1.29 is 69.1 Å². The van der Waals surface area contributed by atoms with Gasteiger partial charge in [-0.05, 0) is 32.6 Å². The van der Waals surface area contributed by atoms with Crippen LogP contribution in [0.15, 0.2) is 48.6 Å². The lowest BCUT2D eigenvalue weighted by Gasteiger charge is -2.45. The number of carboxylic acid groups (broad SMARTS) is 1. The van der Waals surface area contributed by atoms with Crippen LogP contribution in [0, 0.1) is 11.8 Å². The molecule has 54 heavy (non-hydrogen) atoms. The van der Waals surface area contributed by atoms with Crippen LogP contribution in [-0.2, 0) is 33.3 Å². The minimum Gasteiger partial charge on any atom is -0.481 e. The van der Waals surface area contributed by atoms with Gasteiger partial charge in [0.1, 0.15) is 23.9 Å². The van der Waals surface area contributed by atoms with Crippen molar-refractivity contribution in [1.29, 1.82) is 0 Å². The zero-order valence-corrected chi connectivity index (χ0v) is 31.5. The predicted octanol–water partition coefficient (Wildman–Crippen LogP) is 1.70. The fourth-order valence-corrected chi connectivity index (χ4v) is 7.15. The quantitative estimate of drug-likeness (QED) is 0.179. The summed E-state index contributed by atoms with van der Waals surface area (Å²) in [7, 11) is 0. The molecule has 3 heterocycles. The molecular weight excluding hydrogens is 706 g/mol. The summed E-state index contributed by atoms with van der Waals surface area (Å²) in [4.78, 5) is 38.2. The molecule has 2 fully saturated rings. The Bertz CT molecular complexity index is 1320. The molecule has 0 unspecified atom stereocenters. The molecule has 3 aliphatic heterocycles. The van der Waals surface area contributed by atoms with Crippen molar-refractivity contribution in [2.24, 2.45) is 17.6 Å². The van der Waals surface area contributed by atoms with Crippen molar-refractivity contribution in [2.75, 3.05) is 0 Å². The third-order valence-electron chi connectivity index (χ3n) is 10.2. The van der Waals surface area contributed by atoms with Gasteiger partial charge in [0.15, 0.2) is 12.1 Å². The van der Waals surface area contributed by atoms with E-state index in [4.69, 9.17) is 24.7 Å². The Labute approximate surface area is 317 Å². The number of Topliss-reactive ketones (excluding diaryl/α,β-unsaturated/α-hetero) is 1. The molecule has 0 aromatic heterocycles. The molecule has 9 N–H and O–H groups in total. The molecule has 15 heteroatoms. The van der Waals surface area contributed by atoms with E-state index < -0.39 is 110 Å². The number of aliphatic hydroxyl groups excluding tert-OH is 5. The summed E-state index contributed by atoms with van der Waals surface area (Å²) in [5, 5.41) is 75.1. The van der Waals surface area contributed by atoms with Gasteiger partial charge >= 0.3 is 11.9 Å². The van der Waals surface area contributed by atoms with Gasteiger partial charge in [-0.25, -0.2) is 0 Å². The summed E-state index contributed by atoms with van der Waals surface area (Å²) in [6.45, 7) is 5.27. The monoisotopic (exact) mass is 767 g/mol. The van der Waals surface area contributed by atoms with Crippen LogP contribution in [0.1, 0.15) is 91.4 Å². The van der Waals surface area contributed by atoms with Gasteiger partial charge in [-0.3, -0.25) is 14.4 Å². The van der Waals surface area contributed by atoms with Gasteiger partial charge in [0, 0.05) is 38.5 Å². The van der Waals surface area contributed by atoms with Crippen LogP contribution in [0.25, 0.3) is 0 Å². The minimum atomic E-state index is -2.15. The van der Waals surface area contributed by atoms with Crippen LogP contribution >= 0.6 is 0 Å². The first-order valence-corrected chi connectivity index (χ1v) is 19.1. The number of fused-ring (bicyclic) bond motifs is 2. The average molecular weight is 768 g/mol. The number of esters is 1. The molecule has 14 atom stereocenters. The average Bonchev–Trinajstić information content (AvgIpc) is 3.08. The van der Waals surface area contributed by atoms with E-state index in [0.717, 1.165) is 6.42 Å². The molecular formula is C39H61NO14. The molecule has 0 radical (unpaired) electrons. The maximum Gasteiger partial charge on any atom is 0.311 e. The maximum atomic E-state index is 13.0. The second kappa shape index (κ2) is 22.0. The molecule has 306 valence electrons. The number of cyclic esters (lactones) is 1. The highest BCUT2D eigenvalue weighted by molar-refractivity contribution is 5.80. The van der Waals surface area contributed by atoms with E-state index in [0.29, 0.717) is 12.8 Å². The Balaban J connectivity index is 1.90. The highest BCUT2D eigenvalue weighted by Gasteiger charge is 2.50. The zero-order valence-electron chi connectivity index (χ0n) is 31.5. The third-order valence-corrected chi connectivity index (χ3v) is 10.2. The molecule has 2 bridgehead atoms. The SMILES string of the molecule is CCC[C@@H]1C/C=C/C=C/C=C/C=C/[C@H](O[C@@H]2O[C@H](C)[C@@H](O)[C@H](N)[C@@H]2O)C[C@H]2O[C@@](O)(C[C@@H](O)CCCC(=O)C[C@@H](O)[C@H](CC)C(=O)O1)C[C@H](O)[C@H]2C(=O)O. The van der Waals surface area contributed by atoms with E-state index in [1.165, 1.54) is 0 Å². The number of carbonyl (C=O) groups is 3. The largest absolute Gasteiger partial charge is 0.481 e. The van der Waals surface area contributed by atoms with Gasteiger partial charge in [-0.15, -0.1) is 0 Å². The molecule has 2 saturated heterocycles. The highest BCUT2D eigenvalue weighted by Crippen LogP contribution is 2.38. The number of aliphatic hydroxyl groups is 6. The van der Waals surface area contributed by atoms with Gasteiger partial charge in [-0.2, -0.15) is 0 Å². The van der Waals surface area contributed by atoms with Gasteiger partial charge < -0.3 is 60.4 Å². The van der Waals surface area contributed by atoms with Crippen LogP contribution in [0.3, 0.4) is 0 Å². The Morgan fingerprint density at radius 3 is 2.33 bits per heavy atom. The number of allylic oxidation sites excluding steroid dienone is 6. The molecule has 0 aliphatic carbocycles. The number of ether oxygens (including phenoxy) is 4. The minimum absolute atomic E-state index is 0.0177. The van der Waals surface area contributed by atoms with Crippen LogP contribution in [-0.4, -0.2) is 127 Å². The fraction of sp³-hybridized carbons (Fsp3) is 0.718. The Morgan fingerprint density at radius 1 is 0.981 bits per heavy atom. The van der Waals surface area contributed by atoms with Crippen LogP contribution in [0.4, 0.5) is 0 Å². The first kappa shape index (κ1) is 45.6. The molecule has 0 saturated carbocycles. The number of rotatable bonds is 6. The Hall–Kier alpha value is -2.83. The lowest BCUT2D eigenvalue weighted by molar-refractivity contribution is -0.308. The van der Waals surface area contributed by atoms with E-state index >= 15 is 0 Å². The number of carboxylic acids is 1.